The highest BCUT2D eigenvalue weighted by molar-refractivity contribution is 5.81. The van der Waals surface area contributed by atoms with Crippen LogP contribution in [0, 0.1) is 20.8 Å². The van der Waals surface area contributed by atoms with Crippen LogP contribution in [0.2, 0.25) is 0 Å². The molecular formula is C42H40N2. The second-order valence-electron chi connectivity index (χ2n) is 11.8. The predicted molar refractivity (Wildman–Crippen MR) is 190 cm³/mol. The van der Waals surface area contributed by atoms with Crippen LogP contribution in [0.4, 0.5) is 22.7 Å². The van der Waals surface area contributed by atoms with Crippen LogP contribution >= 0.6 is 0 Å². The minimum absolute atomic E-state index is 0.860. The van der Waals surface area contributed by atoms with Gasteiger partial charge in [0, 0.05) is 40.6 Å². The van der Waals surface area contributed by atoms with E-state index in [0.29, 0.717) is 0 Å². The highest BCUT2D eigenvalue weighted by Gasteiger charge is 2.17. The summed E-state index contributed by atoms with van der Waals surface area (Å²) in [5, 5.41) is 0. The first-order valence-electron chi connectivity index (χ1n) is 15.5. The van der Waals surface area contributed by atoms with Crippen molar-refractivity contribution in [1.82, 2.24) is 0 Å². The fourth-order valence-corrected chi connectivity index (χ4v) is 5.69. The van der Waals surface area contributed by atoms with E-state index in [1.807, 2.05) is 0 Å². The average molecular weight is 573 g/mol. The van der Waals surface area contributed by atoms with Crippen LogP contribution in [0.15, 0.2) is 163 Å². The van der Waals surface area contributed by atoms with E-state index in [9.17, 15) is 0 Å². The Morgan fingerprint density at radius 3 is 1.52 bits per heavy atom. The topological polar surface area (TPSA) is 6.48 Å². The average Bonchev–Trinajstić information content (AvgIpc) is 3.41. The highest BCUT2D eigenvalue weighted by atomic mass is 15.2. The number of anilines is 4. The van der Waals surface area contributed by atoms with Crippen molar-refractivity contribution in [2.75, 3.05) is 9.80 Å². The molecule has 0 aliphatic heterocycles. The molecule has 4 aromatic rings. The third kappa shape index (κ3) is 6.61. The van der Waals surface area contributed by atoms with Gasteiger partial charge in [-0.25, -0.2) is 0 Å². The smallest absolute Gasteiger partial charge is 0.0462 e. The van der Waals surface area contributed by atoms with Gasteiger partial charge < -0.3 is 9.80 Å². The van der Waals surface area contributed by atoms with Gasteiger partial charge in [0.15, 0.2) is 0 Å². The molecule has 2 nitrogen and oxygen atoms in total. The highest BCUT2D eigenvalue weighted by Crippen LogP contribution is 2.36. The molecular weight excluding hydrogens is 532 g/mol. The standard InChI is InChI=1S/C42H40N2/c1-31-7-5-9-37(21-11-31)43(39-22-12-32(2)13-23-39)38-10-6-8-35(18-28-38)36-19-29-42(30-20-36)44(40-24-14-33(3)15-25-40)41-26-16-34(4)17-27-41/h5,7-8,10-30H,6,9H2,1-4H3. The Balaban J connectivity index is 1.29. The molecule has 0 N–H and O–H groups in total. The predicted octanol–water partition coefficient (Wildman–Crippen LogP) is 11.6. The van der Waals surface area contributed by atoms with Crippen molar-refractivity contribution in [3.8, 4) is 0 Å². The molecule has 218 valence electrons. The fraction of sp³-hybridized carbons (Fsp3) is 0.143. The number of aryl methyl sites for hydroxylation is 3. The summed E-state index contributed by atoms with van der Waals surface area (Å²) >= 11 is 0. The number of benzene rings is 4. The zero-order valence-electron chi connectivity index (χ0n) is 26.2. The molecule has 0 saturated carbocycles. The molecule has 2 aliphatic rings. The van der Waals surface area contributed by atoms with Crippen molar-refractivity contribution >= 4 is 28.3 Å². The maximum atomic E-state index is 2.40. The normalized spacial score (nSPS) is 14.5. The van der Waals surface area contributed by atoms with Crippen LogP contribution < -0.4 is 9.80 Å². The van der Waals surface area contributed by atoms with E-state index in [4.69, 9.17) is 0 Å². The SMILES string of the molecule is CC1=CC=C(N(C2=CCC=C(c3ccc(N(c4ccc(C)cc4)c4ccc(C)cc4)cc3)C=C2)c2ccc(C)cc2)CC=C1. The van der Waals surface area contributed by atoms with Crippen molar-refractivity contribution < 1.29 is 0 Å². The second kappa shape index (κ2) is 13.1. The summed E-state index contributed by atoms with van der Waals surface area (Å²) in [7, 11) is 0. The van der Waals surface area contributed by atoms with Crippen LogP contribution in [0.3, 0.4) is 0 Å². The Morgan fingerprint density at radius 1 is 0.477 bits per heavy atom. The third-order valence-corrected chi connectivity index (χ3v) is 8.23. The van der Waals surface area contributed by atoms with Gasteiger partial charge >= 0.3 is 0 Å². The van der Waals surface area contributed by atoms with Gasteiger partial charge in [0.05, 0.1) is 0 Å². The molecule has 2 aliphatic carbocycles. The third-order valence-electron chi connectivity index (χ3n) is 8.23. The zero-order chi connectivity index (χ0) is 30.5. The Morgan fingerprint density at radius 2 is 0.977 bits per heavy atom. The van der Waals surface area contributed by atoms with E-state index in [0.717, 1.165) is 29.9 Å². The molecule has 0 bridgehead atoms. The van der Waals surface area contributed by atoms with Crippen molar-refractivity contribution in [1.29, 1.82) is 0 Å². The molecule has 4 aromatic carbocycles. The van der Waals surface area contributed by atoms with E-state index in [1.165, 1.54) is 50.5 Å². The van der Waals surface area contributed by atoms with Gasteiger partial charge in [0.2, 0.25) is 0 Å². The minimum atomic E-state index is 0.860. The first kappa shape index (κ1) is 29.0. The van der Waals surface area contributed by atoms with Crippen molar-refractivity contribution in [2.24, 2.45) is 0 Å². The van der Waals surface area contributed by atoms with E-state index in [1.54, 1.807) is 0 Å². The van der Waals surface area contributed by atoms with Gasteiger partial charge in [-0.2, -0.15) is 0 Å². The maximum absolute atomic E-state index is 2.40. The number of hydrogen-bond donors (Lipinski definition) is 0. The summed E-state index contributed by atoms with van der Waals surface area (Å²) in [6.07, 6.45) is 19.9. The number of hydrogen-bond acceptors (Lipinski definition) is 2. The largest absolute Gasteiger partial charge is 0.314 e. The summed E-state index contributed by atoms with van der Waals surface area (Å²) in [6.45, 7) is 8.55. The van der Waals surface area contributed by atoms with Gasteiger partial charge in [-0.05, 0) is 106 Å². The van der Waals surface area contributed by atoms with E-state index in [-0.39, 0.29) is 0 Å². The first-order valence-corrected chi connectivity index (χ1v) is 15.5. The van der Waals surface area contributed by atoms with Gasteiger partial charge in [-0.3, -0.25) is 0 Å². The molecule has 0 radical (unpaired) electrons. The molecule has 0 aromatic heterocycles. The molecule has 0 saturated heterocycles. The van der Waals surface area contributed by atoms with Crippen LogP contribution in [0.5, 0.6) is 0 Å². The quantitative estimate of drug-likeness (QED) is 0.217. The maximum Gasteiger partial charge on any atom is 0.0462 e. The van der Waals surface area contributed by atoms with Crippen LogP contribution in [0.1, 0.15) is 42.0 Å². The Bertz CT molecular complexity index is 1750. The molecule has 6 rings (SSSR count). The van der Waals surface area contributed by atoms with Gasteiger partial charge in [0.25, 0.3) is 0 Å². The zero-order valence-corrected chi connectivity index (χ0v) is 26.2. The molecule has 0 atom stereocenters. The Hall–Kier alpha value is -5.08. The number of nitrogens with zero attached hydrogens (tertiary/aromatic N) is 2. The number of rotatable bonds is 7. The summed E-state index contributed by atoms with van der Waals surface area (Å²) in [6, 6.07) is 35.3. The molecule has 2 heteroatoms. The van der Waals surface area contributed by atoms with Gasteiger partial charge in [0.1, 0.15) is 0 Å². The van der Waals surface area contributed by atoms with E-state index in [2.05, 4.69) is 183 Å². The van der Waals surface area contributed by atoms with Gasteiger partial charge in [-0.15, -0.1) is 0 Å². The summed E-state index contributed by atoms with van der Waals surface area (Å²) < 4.78 is 0. The lowest BCUT2D eigenvalue weighted by Gasteiger charge is -2.28. The molecule has 44 heavy (non-hydrogen) atoms. The van der Waals surface area contributed by atoms with Gasteiger partial charge in [-0.1, -0.05) is 107 Å². The molecule has 0 unspecified atom stereocenters. The Kier molecular flexibility index (Phi) is 8.61. The second-order valence-corrected chi connectivity index (χ2v) is 11.8. The molecule has 0 fully saturated rings. The monoisotopic (exact) mass is 572 g/mol. The summed E-state index contributed by atoms with van der Waals surface area (Å²) in [5.41, 5.74) is 14.6. The van der Waals surface area contributed by atoms with Crippen LogP contribution in [-0.2, 0) is 0 Å². The lowest BCUT2D eigenvalue weighted by atomic mass is 10.0. The summed E-state index contributed by atoms with van der Waals surface area (Å²) in [5.74, 6) is 0. The first-order chi connectivity index (χ1) is 21.4. The van der Waals surface area contributed by atoms with Crippen molar-refractivity contribution in [3.63, 3.8) is 0 Å². The molecule has 0 amide bonds. The summed E-state index contributed by atoms with van der Waals surface area (Å²) in [4.78, 5) is 4.72. The molecule has 0 heterocycles. The molecule has 0 spiro atoms. The number of allylic oxidation sites excluding steroid dienone is 10. The minimum Gasteiger partial charge on any atom is -0.314 e. The lowest BCUT2D eigenvalue weighted by Crippen LogP contribution is -2.20. The van der Waals surface area contributed by atoms with E-state index < -0.39 is 0 Å². The van der Waals surface area contributed by atoms with Crippen molar-refractivity contribution in [3.05, 3.63) is 185 Å². The lowest BCUT2D eigenvalue weighted by molar-refractivity contribution is 1.03. The fourth-order valence-electron chi connectivity index (χ4n) is 5.69. The Labute approximate surface area is 263 Å². The van der Waals surface area contributed by atoms with Crippen LogP contribution in [-0.4, -0.2) is 0 Å². The van der Waals surface area contributed by atoms with E-state index >= 15 is 0 Å². The van der Waals surface area contributed by atoms with Crippen LogP contribution in [0.25, 0.3) is 5.57 Å². The van der Waals surface area contributed by atoms with Crippen molar-refractivity contribution in [2.45, 2.75) is 40.5 Å².